The maximum Gasteiger partial charge on any atom is 0.227 e. The Morgan fingerprint density at radius 3 is 2.38 bits per heavy atom. The molecule has 0 radical (unpaired) electrons. The van der Waals surface area contributed by atoms with Crippen molar-refractivity contribution in [1.29, 1.82) is 0 Å². The predicted molar refractivity (Wildman–Crippen MR) is 132 cm³/mol. The van der Waals surface area contributed by atoms with Gasteiger partial charge in [-0.05, 0) is 64.9 Å². The van der Waals surface area contributed by atoms with Gasteiger partial charge in [0.2, 0.25) is 5.89 Å². The number of fused-ring (bicyclic) bond motifs is 2. The highest BCUT2D eigenvalue weighted by Crippen LogP contribution is 2.35. The summed E-state index contributed by atoms with van der Waals surface area (Å²) in [5.74, 6) is 1.30. The van der Waals surface area contributed by atoms with Crippen LogP contribution in [0.1, 0.15) is 0 Å². The first-order valence-electron chi connectivity index (χ1n) is 10.2. The van der Waals surface area contributed by atoms with Gasteiger partial charge in [-0.15, -0.1) is 0 Å². The van der Waals surface area contributed by atoms with Gasteiger partial charge in [0.25, 0.3) is 0 Å². The first kappa shape index (κ1) is 19.2. The van der Waals surface area contributed by atoms with Crippen LogP contribution in [0.3, 0.4) is 0 Å². The molecule has 0 fully saturated rings. The van der Waals surface area contributed by atoms with Crippen molar-refractivity contribution in [2.24, 2.45) is 0 Å². The summed E-state index contributed by atoms with van der Waals surface area (Å²) >= 11 is 12.1. The van der Waals surface area contributed by atoms with Crippen molar-refractivity contribution in [1.82, 2.24) is 9.97 Å². The van der Waals surface area contributed by atoms with Gasteiger partial charge >= 0.3 is 0 Å². The molecule has 154 valence electrons. The fourth-order valence-corrected chi connectivity index (χ4v) is 4.42. The fraction of sp³-hybridized carbons (Fsp3) is 0. The highest BCUT2D eigenvalue weighted by atomic mass is 35.5. The quantitative estimate of drug-likeness (QED) is 0.290. The molecule has 0 bridgehead atoms. The average molecular weight is 455 g/mol. The van der Waals surface area contributed by atoms with Gasteiger partial charge in [-0.1, -0.05) is 53.5 Å². The van der Waals surface area contributed by atoms with Crippen molar-refractivity contribution in [3.63, 3.8) is 0 Å². The molecule has 6 aromatic rings. The third kappa shape index (κ3) is 3.27. The van der Waals surface area contributed by atoms with E-state index in [2.05, 4.69) is 40.3 Å². The van der Waals surface area contributed by atoms with Crippen LogP contribution in [0, 0.1) is 0 Å². The second kappa shape index (κ2) is 7.56. The molecule has 0 saturated heterocycles. The Morgan fingerprint density at radius 1 is 0.719 bits per heavy atom. The number of hydrogen-bond donors (Lipinski definition) is 1. The summed E-state index contributed by atoms with van der Waals surface area (Å²) in [6.07, 6.45) is 3.78. The maximum atomic E-state index is 6.13. The monoisotopic (exact) mass is 454 g/mol. The first-order chi connectivity index (χ1) is 15.7. The average Bonchev–Trinajstić information content (AvgIpc) is 3.46. The van der Waals surface area contributed by atoms with Gasteiger partial charge in [0, 0.05) is 43.8 Å². The standard InChI is InChI=1S/C27H16Cl2N2O/c28-19-7-4-16(5-8-19)26-15-31-27(32-26)23-3-1-2-17-12-18(6-10-21(17)23)24-14-30-25-13-20(29)9-11-22(24)25/h1-15,30H. The Morgan fingerprint density at radius 2 is 1.50 bits per heavy atom. The van der Waals surface area contributed by atoms with E-state index in [1.807, 2.05) is 54.7 Å². The van der Waals surface area contributed by atoms with E-state index in [4.69, 9.17) is 27.6 Å². The lowest BCUT2D eigenvalue weighted by molar-refractivity contribution is 0.589. The second-order valence-electron chi connectivity index (χ2n) is 7.67. The maximum absolute atomic E-state index is 6.13. The van der Waals surface area contributed by atoms with Crippen LogP contribution in [0.15, 0.2) is 95.7 Å². The van der Waals surface area contributed by atoms with E-state index in [1.54, 1.807) is 6.20 Å². The van der Waals surface area contributed by atoms with E-state index in [-0.39, 0.29) is 0 Å². The van der Waals surface area contributed by atoms with Crippen LogP contribution in [0.5, 0.6) is 0 Å². The van der Waals surface area contributed by atoms with E-state index in [0.29, 0.717) is 16.7 Å². The Hall–Kier alpha value is -3.53. The molecular formula is C27H16Cl2N2O. The number of H-pyrrole nitrogens is 1. The minimum Gasteiger partial charge on any atom is -0.436 e. The number of halogens is 2. The largest absolute Gasteiger partial charge is 0.436 e. The zero-order chi connectivity index (χ0) is 21.7. The molecule has 6 rings (SSSR count). The van der Waals surface area contributed by atoms with Crippen LogP contribution in [-0.2, 0) is 0 Å². The first-order valence-corrected chi connectivity index (χ1v) is 10.9. The number of oxazole rings is 1. The number of aromatic nitrogens is 2. The predicted octanol–water partition coefficient (Wildman–Crippen LogP) is 8.62. The van der Waals surface area contributed by atoms with E-state index in [0.717, 1.165) is 49.0 Å². The molecule has 1 N–H and O–H groups in total. The normalized spacial score (nSPS) is 11.4. The van der Waals surface area contributed by atoms with E-state index < -0.39 is 0 Å². The zero-order valence-corrected chi connectivity index (χ0v) is 18.3. The smallest absolute Gasteiger partial charge is 0.227 e. The molecule has 0 spiro atoms. The van der Waals surface area contributed by atoms with Crippen molar-refractivity contribution in [2.75, 3.05) is 0 Å². The third-order valence-electron chi connectivity index (χ3n) is 5.70. The van der Waals surface area contributed by atoms with Crippen molar-refractivity contribution < 1.29 is 4.42 Å². The molecule has 0 saturated carbocycles. The van der Waals surface area contributed by atoms with Gasteiger partial charge in [-0.2, -0.15) is 0 Å². The van der Waals surface area contributed by atoms with Crippen LogP contribution >= 0.6 is 23.2 Å². The van der Waals surface area contributed by atoms with E-state index >= 15 is 0 Å². The second-order valence-corrected chi connectivity index (χ2v) is 8.54. The molecule has 0 unspecified atom stereocenters. The van der Waals surface area contributed by atoms with E-state index in [1.165, 1.54) is 0 Å². The van der Waals surface area contributed by atoms with Crippen LogP contribution in [-0.4, -0.2) is 9.97 Å². The topological polar surface area (TPSA) is 41.8 Å². The minimum absolute atomic E-state index is 0.593. The Kier molecular flexibility index (Phi) is 4.53. The summed E-state index contributed by atoms with van der Waals surface area (Å²) in [7, 11) is 0. The summed E-state index contributed by atoms with van der Waals surface area (Å²) in [4.78, 5) is 7.86. The zero-order valence-electron chi connectivity index (χ0n) is 16.8. The number of nitrogens with one attached hydrogen (secondary N) is 1. The number of nitrogens with zero attached hydrogens (tertiary/aromatic N) is 1. The molecule has 32 heavy (non-hydrogen) atoms. The Labute approximate surface area is 194 Å². The van der Waals surface area contributed by atoms with Crippen molar-refractivity contribution >= 4 is 44.9 Å². The molecule has 0 aliphatic rings. The highest BCUT2D eigenvalue weighted by Gasteiger charge is 2.13. The minimum atomic E-state index is 0.593. The summed E-state index contributed by atoms with van der Waals surface area (Å²) in [5, 5.41) is 4.76. The third-order valence-corrected chi connectivity index (χ3v) is 6.19. The van der Waals surface area contributed by atoms with Crippen molar-refractivity contribution in [3.8, 4) is 33.9 Å². The fourth-order valence-electron chi connectivity index (χ4n) is 4.12. The molecule has 3 nitrogen and oxygen atoms in total. The van der Waals surface area contributed by atoms with Crippen LogP contribution in [0.4, 0.5) is 0 Å². The summed E-state index contributed by atoms with van der Waals surface area (Å²) in [6.45, 7) is 0. The molecule has 5 heteroatoms. The van der Waals surface area contributed by atoms with Crippen molar-refractivity contribution in [2.45, 2.75) is 0 Å². The van der Waals surface area contributed by atoms with Crippen LogP contribution < -0.4 is 0 Å². The Bertz CT molecular complexity index is 1600. The van der Waals surface area contributed by atoms with Gasteiger partial charge in [-0.3, -0.25) is 0 Å². The molecule has 0 atom stereocenters. The summed E-state index contributed by atoms with van der Waals surface area (Å²) in [5.41, 5.74) is 5.20. The molecule has 0 aliphatic carbocycles. The SMILES string of the molecule is Clc1ccc(-c2cnc(-c3cccc4cc(-c5c[nH]c6cc(Cl)ccc56)ccc34)o2)cc1. The van der Waals surface area contributed by atoms with Crippen LogP contribution in [0.2, 0.25) is 10.0 Å². The lowest BCUT2D eigenvalue weighted by Crippen LogP contribution is -1.83. The van der Waals surface area contributed by atoms with Gasteiger partial charge < -0.3 is 9.40 Å². The Balaban J connectivity index is 1.42. The number of rotatable bonds is 3. The number of hydrogen-bond acceptors (Lipinski definition) is 2. The highest BCUT2D eigenvalue weighted by molar-refractivity contribution is 6.31. The molecule has 0 amide bonds. The van der Waals surface area contributed by atoms with E-state index in [9.17, 15) is 0 Å². The van der Waals surface area contributed by atoms with Gasteiger partial charge in [0.1, 0.15) is 0 Å². The number of aromatic amines is 1. The van der Waals surface area contributed by atoms with Gasteiger partial charge in [-0.25, -0.2) is 4.98 Å². The molecular weight excluding hydrogens is 439 g/mol. The lowest BCUT2D eigenvalue weighted by Gasteiger charge is -2.07. The molecule has 0 aliphatic heterocycles. The molecule has 2 heterocycles. The van der Waals surface area contributed by atoms with Crippen LogP contribution in [0.25, 0.3) is 55.6 Å². The summed E-state index contributed by atoms with van der Waals surface area (Å²) in [6, 6.07) is 26.1. The molecule has 2 aromatic heterocycles. The van der Waals surface area contributed by atoms with Gasteiger partial charge in [0.05, 0.1) is 6.20 Å². The summed E-state index contributed by atoms with van der Waals surface area (Å²) < 4.78 is 6.10. The van der Waals surface area contributed by atoms with Gasteiger partial charge in [0.15, 0.2) is 5.76 Å². The lowest BCUT2D eigenvalue weighted by atomic mass is 9.98. The molecule has 4 aromatic carbocycles. The van der Waals surface area contributed by atoms with Crippen molar-refractivity contribution in [3.05, 3.63) is 101 Å². The number of benzene rings is 4.